The molecule has 0 spiro atoms. The van der Waals surface area contributed by atoms with Crippen LogP contribution in [0.3, 0.4) is 0 Å². The first kappa shape index (κ1) is 22.4. The van der Waals surface area contributed by atoms with Crippen molar-refractivity contribution >= 4 is 17.5 Å². The molecule has 0 radical (unpaired) electrons. The number of rotatable bonds is 7. The van der Waals surface area contributed by atoms with Crippen LogP contribution in [-0.4, -0.2) is 52.9 Å². The fourth-order valence-electron chi connectivity index (χ4n) is 3.68. The van der Waals surface area contributed by atoms with E-state index in [4.69, 9.17) is 18.9 Å². The Morgan fingerprint density at radius 1 is 0.903 bits per heavy atom. The topological polar surface area (TPSA) is 95.1 Å². The molecule has 1 saturated heterocycles. The largest absolute Gasteiger partial charge is 0.497 e. The Kier molecular flexibility index (Phi) is 7.36. The number of hydrogen-bond donors (Lipinski definition) is 2. The van der Waals surface area contributed by atoms with Crippen molar-refractivity contribution in [2.24, 2.45) is 0 Å². The lowest BCUT2D eigenvalue weighted by Gasteiger charge is -2.38. The maximum atomic E-state index is 12.5. The van der Waals surface area contributed by atoms with E-state index in [-0.39, 0.29) is 5.41 Å². The minimum absolute atomic E-state index is 0.307. The van der Waals surface area contributed by atoms with Crippen LogP contribution in [-0.2, 0) is 19.7 Å². The molecule has 1 aliphatic heterocycles. The van der Waals surface area contributed by atoms with E-state index in [0.29, 0.717) is 36.9 Å². The van der Waals surface area contributed by atoms with E-state index < -0.39 is 11.8 Å². The van der Waals surface area contributed by atoms with Gasteiger partial charge in [-0.05, 0) is 42.7 Å². The summed E-state index contributed by atoms with van der Waals surface area (Å²) in [6.07, 6.45) is 1.49. The van der Waals surface area contributed by atoms with Crippen LogP contribution in [0.2, 0.25) is 0 Å². The zero-order valence-corrected chi connectivity index (χ0v) is 18.0. The van der Waals surface area contributed by atoms with Crippen LogP contribution >= 0.6 is 0 Å². The number of carbonyl (C=O) groups is 2. The Labute approximate surface area is 181 Å². The van der Waals surface area contributed by atoms with Crippen molar-refractivity contribution in [1.29, 1.82) is 0 Å². The first-order valence-corrected chi connectivity index (χ1v) is 10.0. The fraction of sp³-hybridized carbons (Fsp3) is 0.391. The zero-order valence-electron chi connectivity index (χ0n) is 18.0. The molecule has 166 valence electrons. The van der Waals surface area contributed by atoms with E-state index in [2.05, 4.69) is 10.6 Å². The summed E-state index contributed by atoms with van der Waals surface area (Å²) >= 11 is 0. The fourth-order valence-corrected chi connectivity index (χ4v) is 3.68. The summed E-state index contributed by atoms with van der Waals surface area (Å²) in [4.78, 5) is 25.0. The predicted molar refractivity (Wildman–Crippen MR) is 116 cm³/mol. The van der Waals surface area contributed by atoms with Crippen LogP contribution in [0.5, 0.6) is 17.2 Å². The van der Waals surface area contributed by atoms with Crippen molar-refractivity contribution in [2.45, 2.75) is 18.3 Å². The van der Waals surface area contributed by atoms with E-state index in [1.54, 1.807) is 25.3 Å². The van der Waals surface area contributed by atoms with Crippen molar-refractivity contribution in [3.63, 3.8) is 0 Å². The van der Waals surface area contributed by atoms with Gasteiger partial charge in [-0.25, -0.2) is 0 Å². The highest BCUT2D eigenvalue weighted by Crippen LogP contribution is 2.35. The number of nitrogens with one attached hydrogen (secondary N) is 2. The number of carbonyl (C=O) groups excluding carboxylic acids is 2. The molecule has 0 bridgehead atoms. The van der Waals surface area contributed by atoms with Gasteiger partial charge in [0, 0.05) is 31.2 Å². The normalized spacial score (nSPS) is 14.9. The van der Waals surface area contributed by atoms with Gasteiger partial charge in [0.15, 0.2) is 0 Å². The predicted octanol–water partition coefficient (Wildman–Crippen LogP) is 2.52. The molecule has 2 aromatic carbocycles. The third-order valence-electron chi connectivity index (χ3n) is 5.60. The Morgan fingerprint density at radius 2 is 1.55 bits per heavy atom. The summed E-state index contributed by atoms with van der Waals surface area (Å²) in [6, 6.07) is 12.7. The van der Waals surface area contributed by atoms with Crippen LogP contribution < -0.4 is 24.8 Å². The zero-order chi connectivity index (χ0) is 22.3. The van der Waals surface area contributed by atoms with Crippen molar-refractivity contribution in [2.75, 3.05) is 46.4 Å². The van der Waals surface area contributed by atoms with Crippen molar-refractivity contribution in [3.05, 3.63) is 48.0 Å². The summed E-state index contributed by atoms with van der Waals surface area (Å²) in [6.45, 7) is 1.52. The molecule has 1 aliphatic rings. The molecule has 0 saturated carbocycles. The molecular weight excluding hydrogens is 400 g/mol. The van der Waals surface area contributed by atoms with E-state index >= 15 is 0 Å². The lowest BCUT2D eigenvalue weighted by Crippen LogP contribution is -2.47. The average Bonchev–Trinajstić information content (AvgIpc) is 2.83. The Balaban J connectivity index is 1.68. The quantitative estimate of drug-likeness (QED) is 0.658. The summed E-state index contributed by atoms with van der Waals surface area (Å²) < 4.78 is 21.2. The summed E-state index contributed by atoms with van der Waals surface area (Å²) in [7, 11) is 4.64. The van der Waals surface area contributed by atoms with E-state index in [1.165, 1.54) is 14.2 Å². The van der Waals surface area contributed by atoms with Gasteiger partial charge in [-0.15, -0.1) is 0 Å². The van der Waals surface area contributed by atoms with Gasteiger partial charge in [-0.1, -0.05) is 12.1 Å². The highest BCUT2D eigenvalue weighted by Gasteiger charge is 2.35. The minimum atomic E-state index is -0.764. The highest BCUT2D eigenvalue weighted by atomic mass is 16.5. The number of methoxy groups -OCH3 is 3. The van der Waals surface area contributed by atoms with Gasteiger partial charge in [0.2, 0.25) is 0 Å². The van der Waals surface area contributed by atoms with Gasteiger partial charge >= 0.3 is 11.8 Å². The van der Waals surface area contributed by atoms with Crippen LogP contribution in [0.1, 0.15) is 18.4 Å². The van der Waals surface area contributed by atoms with E-state index in [1.807, 2.05) is 24.3 Å². The summed E-state index contributed by atoms with van der Waals surface area (Å²) in [5.74, 6) is 0.278. The lowest BCUT2D eigenvalue weighted by molar-refractivity contribution is -0.136. The minimum Gasteiger partial charge on any atom is -0.497 e. The smallest absolute Gasteiger partial charge is 0.313 e. The van der Waals surface area contributed by atoms with Crippen molar-refractivity contribution in [3.8, 4) is 17.2 Å². The SMILES string of the molecule is COc1ccc(C2(CNC(=O)C(=O)Nc3ccc(OC)cc3OC)CCOCC2)cc1. The van der Waals surface area contributed by atoms with Gasteiger partial charge in [0.25, 0.3) is 0 Å². The average molecular weight is 428 g/mol. The second-order valence-corrected chi connectivity index (χ2v) is 7.32. The van der Waals surface area contributed by atoms with Crippen molar-refractivity contribution in [1.82, 2.24) is 5.32 Å². The standard InChI is InChI=1S/C23H28N2O6/c1-28-17-6-4-16(5-7-17)23(10-12-31-13-11-23)15-24-21(26)22(27)25-19-9-8-18(29-2)14-20(19)30-3/h4-9,14H,10-13,15H2,1-3H3,(H,24,26)(H,25,27). The maximum absolute atomic E-state index is 12.5. The second kappa shape index (κ2) is 10.2. The molecule has 8 nitrogen and oxygen atoms in total. The Morgan fingerprint density at radius 3 is 2.16 bits per heavy atom. The Bertz CT molecular complexity index is 907. The molecule has 2 N–H and O–H groups in total. The molecule has 0 atom stereocenters. The highest BCUT2D eigenvalue weighted by molar-refractivity contribution is 6.39. The third-order valence-corrected chi connectivity index (χ3v) is 5.60. The van der Waals surface area contributed by atoms with E-state index in [9.17, 15) is 9.59 Å². The van der Waals surface area contributed by atoms with Gasteiger partial charge in [-0.2, -0.15) is 0 Å². The van der Waals surface area contributed by atoms with Crippen LogP contribution in [0.15, 0.2) is 42.5 Å². The van der Waals surface area contributed by atoms with Gasteiger partial charge < -0.3 is 29.6 Å². The molecule has 0 aliphatic carbocycles. The third kappa shape index (κ3) is 5.27. The first-order valence-electron chi connectivity index (χ1n) is 10.0. The maximum Gasteiger partial charge on any atom is 0.313 e. The lowest BCUT2D eigenvalue weighted by atomic mass is 9.74. The molecule has 8 heteroatoms. The van der Waals surface area contributed by atoms with Crippen LogP contribution in [0, 0.1) is 0 Å². The van der Waals surface area contributed by atoms with Crippen molar-refractivity contribution < 1.29 is 28.5 Å². The molecule has 2 amide bonds. The number of benzene rings is 2. The molecule has 3 rings (SSSR count). The molecule has 0 unspecified atom stereocenters. The second-order valence-electron chi connectivity index (χ2n) is 7.32. The number of ether oxygens (including phenoxy) is 4. The van der Waals surface area contributed by atoms with Crippen LogP contribution in [0.25, 0.3) is 0 Å². The van der Waals surface area contributed by atoms with Gasteiger partial charge in [0.05, 0.1) is 27.0 Å². The van der Waals surface area contributed by atoms with Gasteiger partial charge in [0.1, 0.15) is 17.2 Å². The van der Waals surface area contributed by atoms with E-state index in [0.717, 1.165) is 24.2 Å². The first-order chi connectivity index (χ1) is 15.0. The Hall–Kier alpha value is -3.26. The molecule has 1 fully saturated rings. The molecule has 2 aromatic rings. The number of hydrogen-bond acceptors (Lipinski definition) is 6. The van der Waals surface area contributed by atoms with Gasteiger partial charge in [-0.3, -0.25) is 9.59 Å². The summed E-state index contributed by atoms with van der Waals surface area (Å²) in [5.41, 5.74) is 1.16. The molecule has 31 heavy (non-hydrogen) atoms. The molecule has 0 aromatic heterocycles. The van der Waals surface area contributed by atoms with Crippen LogP contribution in [0.4, 0.5) is 5.69 Å². The summed E-state index contributed by atoms with van der Waals surface area (Å²) in [5, 5.41) is 5.39. The number of amides is 2. The monoisotopic (exact) mass is 428 g/mol. The number of anilines is 1. The molecular formula is C23H28N2O6. The molecule has 1 heterocycles.